The minimum Gasteiger partial charge on any atom is -0.255 e. The monoisotopic (exact) mass is 283 g/mol. The molecular weight excluding hydrogens is 266 g/mol. The molecule has 1 heterocycles. The molecule has 3 atom stereocenters. The van der Waals surface area contributed by atoms with Crippen LogP contribution in [-0.2, 0) is 13.5 Å². The van der Waals surface area contributed by atoms with Crippen molar-refractivity contribution in [2.45, 2.75) is 32.1 Å². The predicted octanol–water partition coefficient (Wildman–Crippen LogP) is 2.56. The van der Waals surface area contributed by atoms with Gasteiger partial charge in [-0.1, -0.05) is 27.6 Å². The topological polar surface area (TPSA) is 30.7 Å². The quantitative estimate of drug-likeness (QED) is 0.799. The summed E-state index contributed by atoms with van der Waals surface area (Å²) < 4.78 is 1.81. The number of aryl methyl sites for hydroxylation is 1. The lowest BCUT2D eigenvalue weighted by Crippen LogP contribution is -2.32. The van der Waals surface area contributed by atoms with Crippen molar-refractivity contribution in [1.29, 1.82) is 0 Å². The molecule has 3 rings (SSSR count). The maximum absolute atomic E-state index is 4.25. The summed E-state index contributed by atoms with van der Waals surface area (Å²) in [5.41, 5.74) is 1.63. The third-order valence-corrected chi connectivity index (χ3v) is 5.67. The molecule has 3 nitrogen and oxygen atoms in total. The molecule has 1 aromatic rings. The third kappa shape index (κ3) is 1.62. The van der Waals surface area contributed by atoms with Gasteiger partial charge in [-0.05, 0) is 42.9 Å². The molecule has 0 aromatic carbocycles. The van der Waals surface area contributed by atoms with Gasteiger partial charge in [0.25, 0.3) is 0 Å². The molecule has 1 aromatic heterocycles. The average molecular weight is 284 g/mol. The van der Waals surface area contributed by atoms with Crippen LogP contribution in [0.25, 0.3) is 0 Å². The highest BCUT2D eigenvalue weighted by Crippen LogP contribution is 2.57. The fraction of sp³-hybridized carbons (Fsp3) is 0.833. The Balaban J connectivity index is 1.81. The fourth-order valence-electron chi connectivity index (χ4n) is 3.82. The fourth-order valence-corrected chi connectivity index (χ4v) is 4.71. The van der Waals surface area contributed by atoms with E-state index < -0.39 is 0 Å². The highest BCUT2D eigenvalue weighted by Gasteiger charge is 2.50. The van der Waals surface area contributed by atoms with Gasteiger partial charge in [0.2, 0.25) is 0 Å². The second-order valence-corrected chi connectivity index (χ2v) is 6.20. The summed E-state index contributed by atoms with van der Waals surface area (Å²) in [6, 6.07) is 0. The SMILES string of the molecule is Cn1cc(CC2(CBr)CC3CCC2C3)nn1. The third-order valence-electron chi connectivity index (χ3n) is 4.55. The molecule has 2 saturated carbocycles. The van der Waals surface area contributed by atoms with Crippen molar-refractivity contribution in [2.24, 2.45) is 24.3 Å². The van der Waals surface area contributed by atoms with Crippen molar-refractivity contribution in [3.63, 3.8) is 0 Å². The number of rotatable bonds is 3. The highest BCUT2D eigenvalue weighted by atomic mass is 79.9. The van der Waals surface area contributed by atoms with Crippen LogP contribution in [-0.4, -0.2) is 20.3 Å². The number of hydrogen-bond acceptors (Lipinski definition) is 2. The molecule has 88 valence electrons. The van der Waals surface area contributed by atoms with Crippen molar-refractivity contribution in [2.75, 3.05) is 5.33 Å². The number of fused-ring (bicyclic) bond motifs is 2. The van der Waals surface area contributed by atoms with Gasteiger partial charge < -0.3 is 0 Å². The van der Waals surface area contributed by atoms with Gasteiger partial charge in [-0.3, -0.25) is 4.68 Å². The second kappa shape index (κ2) is 3.83. The number of alkyl halides is 1. The van der Waals surface area contributed by atoms with E-state index in [1.54, 1.807) is 0 Å². The Morgan fingerprint density at radius 3 is 2.94 bits per heavy atom. The first-order chi connectivity index (χ1) is 7.72. The number of nitrogens with zero attached hydrogens (tertiary/aromatic N) is 3. The van der Waals surface area contributed by atoms with E-state index in [0.717, 1.165) is 29.3 Å². The van der Waals surface area contributed by atoms with Crippen LogP contribution in [0.4, 0.5) is 0 Å². The first-order valence-electron chi connectivity index (χ1n) is 6.13. The van der Waals surface area contributed by atoms with E-state index in [4.69, 9.17) is 0 Å². The minimum atomic E-state index is 0.471. The van der Waals surface area contributed by atoms with E-state index in [0.29, 0.717) is 5.41 Å². The summed E-state index contributed by atoms with van der Waals surface area (Å²) in [5, 5.41) is 9.41. The zero-order valence-corrected chi connectivity index (χ0v) is 11.3. The average Bonchev–Trinajstić information content (AvgIpc) is 2.94. The summed E-state index contributed by atoms with van der Waals surface area (Å²) in [4.78, 5) is 0. The summed E-state index contributed by atoms with van der Waals surface area (Å²) >= 11 is 3.74. The molecule has 4 heteroatoms. The van der Waals surface area contributed by atoms with Gasteiger partial charge in [0.1, 0.15) is 0 Å². The first kappa shape index (κ1) is 10.8. The highest BCUT2D eigenvalue weighted by molar-refractivity contribution is 9.09. The molecule has 2 bridgehead atoms. The lowest BCUT2D eigenvalue weighted by atomic mass is 9.72. The van der Waals surface area contributed by atoms with Gasteiger partial charge in [-0.25, -0.2) is 0 Å². The molecule has 0 aliphatic heterocycles. The van der Waals surface area contributed by atoms with Crippen LogP contribution in [0.5, 0.6) is 0 Å². The summed E-state index contributed by atoms with van der Waals surface area (Å²) in [5.74, 6) is 1.90. The van der Waals surface area contributed by atoms with Gasteiger partial charge in [-0.15, -0.1) is 5.10 Å². The number of aromatic nitrogens is 3. The molecule has 0 N–H and O–H groups in total. The van der Waals surface area contributed by atoms with Gasteiger partial charge in [-0.2, -0.15) is 0 Å². The Morgan fingerprint density at radius 2 is 2.44 bits per heavy atom. The standard InChI is InChI=1S/C12H18BrN3/c1-16-7-11(14-15-16)6-12(8-13)5-9-2-3-10(12)4-9/h7,9-10H,2-6,8H2,1H3. The Bertz CT molecular complexity index is 389. The maximum Gasteiger partial charge on any atom is 0.0832 e. The van der Waals surface area contributed by atoms with E-state index in [1.165, 1.54) is 25.7 Å². The number of hydrogen-bond donors (Lipinski definition) is 0. The molecule has 0 spiro atoms. The van der Waals surface area contributed by atoms with Crippen molar-refractivity contribution in [3.8, 4) is 0 Å². The van der Waals surface area contributed by atoms with E-state index in [9.17, 15) is 0 Å². The molecule has 3 unspecified atom stereocenters. The molecular formula is C12H18BrN3. The largest absolute Gasteiger partial charge is 0.255 e. The van der Waals surface area contributed by atoms with Crippen LogP contribution < -0.4 is 0 Å². The zero-order chi connectivity index (χ0) is 11.2. The van der Waals surface area contributed by atoms with Crippen LogP contribution >= 0.6 is 15.9 Å². The van der Waals surface area contributed by atoms with Crippen molar-refractivity contribution < 1.29 is 0 Å². The molecule has 16 heavy (non-hydrogen) atoms. The van der Waals surface area contributed by atoms with E-state index in [-0.39, 0.29) is 0 Å². The summed E-state index contributed by atoms with van der Waals surface area (Å²) in [7, 11) is 1.94. The molecule has 2 fully saturated rings. The second-order valence-electron chi connectivity index (χ2n) is 5.64. The van der Waals surface area contributed by atoms with E-state index in [1.807, 2.05) is 11.7 Å². The smallest absolute Gasteiger partial charge is 0.0832 e. The van der Waals surface area contributed by atoms with Crippen LogP contribution in [0.3, 0.4) is 0 Å². The molecule has 0 saturated heterocycles. The zero-order valence-electron chi connectivity index (χ0n) is 9.69. The normalized spacial score (nSPS) is 37.1. The van der Waals surface area contributed by atoms with Crippen LogP contribution in [0, 0.1) is 17.3 Å². The summed E-state index contributed by atoms with van der Waals surface area (Å²) in [6.45, 7) is 0. The lowest BCUT2D eigenvalue weighted by Gasteiger charge is -2.35. The molecule has 2 aliphatic carbocycles. The summed E-state index contributed by atoms with van der Waals surface area (Å²) in [6.07, 6.45) is 8.89. The Morgan fingerprint density at radius 1 is 1.56 bits per heavy atom. The van der Waals surface area contributed by atoms with Crippen molar-refractivity contribution in [1.82, 2.24) is 15.0 Å². The molecule has 2 aliphatic rings. The minimum absolute atomic E-state index is 0.471. The van der Waals surface area contributed by atoms with Crippen molar-refractivity contribution >= 4 is 15.9 Å². The Labute approximate surface area is 105 Å². The number of halogens is 1. The van der Waals surface area contributed by atoms with Gasteiger partial charge in [0, 0.05) is 18.6 Å². The van der Waals surface area contributed by atoms with Crippen LogP contribution in [0.1, 0.15) is 31.4 Å². The maximum atomic E-state index is 4.25. The van der Waals surface area contributed by atoms with Crippen LogP contribution in [0.15, 0.2) is 6.20 Å². The van der Waals surface area contributed by atoms with Gasteiger partial charge >= 0.3 is 0 Å². The lowest BCUT2D eigenvalue weighted by molar-refractivity contribution is 0.195. The van der Waals surface area contributed by atoms with Gasteiger partial charge in [0.15, 0.2) is 0 Å². The Kier molecular flexibility index (Phi) is 2.57. The Hall–Kier alpha value is -0.380. The molecule has 0 radical (unpaired) electrons. The first-order valence-corrected chi connectivity index (χ1v) is 7.25. The van der Waals surface area contributed by atoms with Crippen molar-refractivity contribution in [3.05, 3.63) is 11.9 Å². The van der Waals surface area contributed by atoms with E-state index in [2.05, 4.69) is 32.4 Å². The van der Waals surface area contributed by atoms with Gasteiger partial charge in [0.05, 0.1) is 5.69 Å². The predicted molar refractivity (Wildman–Crippen MR) is 66.4 cm³/mol. The molecule has 0 amide bonds. The van der Waals surface area contributed by atoms with Crippen LogP contribution in [0.2, 0.25) is 0 Å². The van der Waals surface area contributed by atoms with E-state index >= 15 is 0 Å².